The fourth-order valence-corrected chi connectivity index (χ4v) is 7.52. The Bertz CT molecular complexity index is 1250. The predicted octanol–water partition coefficient (Wildman–Crippen LogP) is 11.3. The van der Waals surface area contributed by atoms with Crippen molar-refractivity contribution in [3.63, 3.8) is 0 Å². The fraction of sp³-hybridized carbons (Fsp3) is 0.844. The summed E-state index contributed by atoms with van der Waals surface area (Å²) in [6.45, 7) is 3.96. The summed E-state index contributed by atoms with van der Waals surface area (Å²) in [4.78, 5) is 64.8. The van der Waals surface area contributed by atoms with Gasteiger partial charge in [-0.3, -0.25) is 28.0 Å². The second kappa shape index (κ2) is 39.8. The highest BCUT2D eigenvalue weighted by molar-refractivity contribution is 7.47. The van der Waals surface area contributed by atoms with Gasteiger partial charge in [-0.05, 0) is 44.1 Å². The summed E-state index contributed by atoms with van der Waals surface area (Å²) in [5, 5.41) is 9.75. The molecule has 0 spiro atoms. The van der Waals surface area contributed by atoms with Gasteiger partial charge in [-0.1, -0.05) is 167 Å². The van der Waals surface area contributed by atoms with E-state index in [4.69, 9.17) is 23.8 Å². The number of hydrogen-bond donors (Lipinski definition) is 4. The molecule has 16 heteroatoms. The number of aliphatic hydroxyl groups excluding tert-OH is 1. The molecule has 0 aliphatic heterocycles. The van der Waals surface area contributed by atoms with E-state index in [1.165, 1.54) is 89.9 Å². The first kappa shape index (κ1) is 59.3. The van der Waals surface area contributed by atoms with E-state index in [9.17, 15) is 33.5 Å². The number of hydrogen-bond acceptors (Lipinski definition) is 11. The standard InChI is InChI=1S/C45H84O14P2/c1-4-6-7-8-17-22-27-32-41(46)33-28-23-20-25-30-35-45(49)59-43(39-58-61(53,54)57-37-42(47)36-56-60(50,51)52)38-55-44(48)34-29-24-19-16-14-12-10-9-11-13-15-18-21-26-31-40(3)5-2/h17,22,27,32,40,42-43,47H,4-16,18-21,23-26,28-31,33-39H2,1-3H3,(H,53,54)(H2,50,51,52)/b22-17-,32-27+/t40?,42-,43+/m0/s1. The Morgan fingerprint density at radius 2 is 1.07 bits per heavy atom. The molecule has 2 unspecified atom stereocenters. The molecule has 0 saturated carbocycles. The molecule has 0 aromatic carbocycles. The van der Waals surface area contributed by atoms with Gasteiger partial charge in [0.15, 0.2) is 11.9 Å². The minimum atomic E-state index is -4.88. The summed E-state index contributed by atoms with van der Waals surface area (Å²) < 4.78 is 47.8. The van der Waals surface area contributed by atoms with Crippen molar-refractivity contribution >= 4 is 33.4 Å². The summed E-state index contributed by atoms with van der Waals surface area (Å²) in [5.41, 5.74) is 0. The number of phosphoric ester groups is 2. The Morgan fingerprint density at radius 1 is 0.574 bits per heavy atom. The topological polar surface area (TPSA) is 212 Å². The number of unbranched alkanes of at least 4 members (excludes halogenated alkanes) is 20. The average molecular weight is 911 g/mol. The van der Waals surface area contributed by atoms with Crippen LogP contribution in [0.5, 0.6) is 0 Å². The Balaban J connectivity index is 4.52. The van der Waals surface area contributed by atoms with Crippen molar-refractivity contribution in [1.82, 2.24) is 0 Å². The highest BCUT2D eigenvalue weighted by atomic mass is 31.2. The largest absolute Gasteiger partial charge is 0.472 e. The molecule has 0 aromatic rings. The molecule has 4 N–H and O–H groups in total. The van der Waals surface area contributed by atoms with Crippen LogP contribution in [0.25, 0.3) is 0 Å². The quantitative estimate of drug-likeness (QED) is 0.0147. The third-order valence-corrected chi connectivity index (χ3v) is 11.8. The van der Waals surface area contributed by atoms with Crippen molar-refractivity contribution in [2.75, 3.05) is 26.4 Å². The number of ether oxygens (including phenoxy) is 2. The molecule has 4 atom stereocenters. The van der Waals surface area contributed by atoms with Crippen LogP contribution in [0.15, 0.2) is 24.3 Å². The second-order valence-corrected chi connectivity index (χ2v) is 19.0. The number of rotatable bonds is 44. The van der Waals surface area contributed by atoms with Crippen molar-refractivity contribution in [2.45, 2.75) is 213 Å². The summed E-state index contributed by atoms with van der Waals surface area (Å²) in [5.74, 6) is -0.181. The molecule has 0 amide bonds. The maximum Gasteiger partial charge on any atom is 0.472 e. The summed E-state index contributed by atoms with van der Waals surface area (Å²) >= 11 is 0. The van der Waals surface area contributed by atoms with Gasteiger partial charge in [0.1, 0.15) is 12.7 Å². The van der Waals surface area contributed by atoms with Gasteiger partial charge >= 0.3 is 27.6 Å². The van der Waals surface area contributed by atoms with Crippen LogP contribution >= 0.6 is 15.6 Å². The van der Waals surface area contributed by atoms with Gasteiger partial charge in [0.05, 0.1) is 19.8 Å². The van der Waals surface area contributed by atoms with Crippen LogP contribution in [0, 0.1) is 5.92 Å². The number of phosphoric acid groups is 2. The van der Waals surface area contributed by atoms with E-state index in [-0.39, 0.29) is 18.6 Å². The molecule has 358 valence electrons. The van der Waals surface area contributed by atoms with Crippen molar-refractivity contribution in [2.24, 2.45) is 5.92 Å². The maximum absolute atomic E-state index is 12.7. The number of allylic oxidation sites excluding steroid dienone is 4. The minimum absolute atomic E-state index is 0.0501. The molecule has 0 fully saturated rings. The number of carbonyl (C=O) groups excluding carboxylic acids is 3. The highest BCUT2D eigenvalue weighted by Crippen LogP contribution is 2.43. The summed E-state index contributed by atoms with van der Waals surface area (Å²) in [6.07, 6.45) is 32.7. The molecule has 0 aromatic heterocycles. The van der Waals surface area contributed by atoms with Crippen LogP contribution < -0.4 is 0 Å². The second-order valence-electron chi connectivity index (χ2n) is 16.3. The molecule has 0 aliphatic carbocycles. The van der Waals surface area contributed by atoms with Crippen molar-refractivity contribution in [3.05, 3.63) is 24.3 Å². The molecule has 0 saturated heterocycles. The lowest BCUT2D eigenvalue weighted by atomic mass is 9.99. The van der Waals surface area contributed by atoms with E-state index >= 15 is 0 Å². The molecular formula is C45H84O14P2. The highest BCUT2D eigenvalue weighted by Gasteiger charge is 2.28. The van der Waals surface area contributed by atoms with Gasteiger partial charge in [-0.15, -0.1) is 0 Å². The van der Waals surface area contributed by atoms with Crippen molar-refractivity contribution in [3.8, 4) is 0 Å². The van der Waals surface area contributed by atoms with E-state index in [0.29, 0.717) is 19.3 Å². The van der Waals surface area contributed by atoms with E-state index in [1.807, 2.05) is 6.08 Å². The molecule has 0 rings (SSSR count). The van der Waals surface area contributed by atoms with Crippen molar-refractivity contribution < 1.29 is 66.3 Å². The number of carbonyl (C=O) groups is 3. The van der Waals surface area contributed by atoms with Crippen LogP contribution in [0.1, 0.15) is 201 Å². The smallest absolute Gasteiger partial charge is 0.462 e. The Kier molecular flexibility index (Phi) is 38.7. The van der Waals surface area contributed by atoms with Gasteiger partial charge < -0.3 is 29.3 Å². The van der Waals surface area contributed by atoms with Crippen LogP contribution in [-0.2, 0) is 46.6 Å². The number of aliphatic hydroxyl groups is 1. The molecule has 14 nitrogen and oxygen atoms in total. The van der Waals surface area contributed by atoms with Crippen LogP contribution in [0.4, 0.5) is 0 Å². The van der Waals surface area contributed by atoms with Gasteiger partial charge in [0.25, 0.3) is 0 Å². The first-order valence-corrected chi connectivity index (χ1v) is 26.4. The van der Waals surface area contributed by atoms with Gasteiger partial charge in [0, 0.05) is 19.3 Å². The van der Waals surface area contributed by atoms with Gasteiger partial charge in [0.2, 0.25) is 0 Å². The first-order chi connectivity index (χ1) is 29.2. The van der Waals surface area contributed by atoms with Gasteiger partial charge in [-0.2, -0.15) is 0 Å². The van der Waals surface area contributed by atoms with Crippen LogP contribution in [0.2, 0.25) is 0 Å². The zero-order chi connectivity index (χ0) is 45.5. The lowest BCUT2D eigenvalue weighted by molar-refractivity contribution is -0.161. The first-order valence-electron chi connectivity index (χ1n) is 23.4. The van der Waals surface area contributed by atoms with Crippen LogP contribution in [-0.4, -0.2) is 76.1 Å². The lowest BCUT2D eigenvalue weighted by Gasteiger charge is -2.20. The zero-order valence-corrected chi connectivity index (χ0v) is 39.7. The fourth-order valence-electron chi connectivity index (χ4n) is 6.36. The molecular weight excluding hydrogens is 826 g/mol. The van der Waals surface area contributed by atoms with E-state index in [0.717, 1.165) is 63.7 Å². The van der Waals surface area contributed by atoms with Crippen molar-refractivity contribution in [1.29, 1.82) is 0 Å². The Morgan fingerprint density at radius 3 is 1.61 bits per heavy atom. The average Bonchev–Trinajstić information content (AvgIpc) is 3.21. The molecule has 0 radical (unpaired) electrons. The van der Waals surface area contributed by atoms with E-state index in [1.54, 1.807) is 12.2 Å². The lowest BCUT2D eigenvalue weighted by Crippen LogP contribution is -2.30. The minimum Gasteiger partial charge on any atom is -0.462 e. The Hall–Kier alpha value is -1.73. The number of esters is 2. The molecule has 0 aliphatic rings. The van der Waals surface area contributed by atoms with Gasteiger partial charge in [-0.25, -0.2) is 9.13 Å². The third kappa shape index (κ3) is 43.3. The molecule has 0 bridgehead atoms. The Labute approximate surface area is 368 Å². The molecule has 0 heterocycles. The van der Waals surface area contributed by atoms with E-state index in [2.05, 4.69) is 35.9 Å². The van der Waals surface area contributed by atoms with Crippen LogP contribution in [0.3, 0.4) is 0 Å². The SMILES string of the molecule is CCCCC/C=C\C=C\C(=O)CCCCCCCC(=O)O[C@H](COC(=O)CCCCCCCCCCCCCCCCC(C)CC)COP(=O)(O)OC[C@@H](O)COP(=O)(O)O. The van der Waals surface area contributed by atoms with E-state index < -0.39 is 66.2 Å². The normalized spacial score (nSPS) is 14.6. The third-order valence-electron chi connectivity index (χ3n) is 10.3. The monoisotopic (exact) mass is 911 g/mol. The zero-order valence-electron chi connectivity index (χ0n) is 37.9. The summed E-state index contributed by atoms with van der Waals surface area (Å²) in [7, 11) is -9.71. The maximum atomic E-state index is 12.7. The summed E-state index contributed by atoms with van der Waals surface area (Å²) in [6, 6.07) is 0. The predicted molar refractivity (Wildman–Crippen MR) is 240 cm³/mol. The number of ketones is 1. The molecule has 61 heavy (non-hydrogen) atoms.